The molecule has 1 aromatic carbocycles. The molecule has 0 aliphatic heterocycles. The number of hydrogen-bond acceptors (Lipinski definition) is 3. The van der Waals surface area contributed by atoms with Gasteiger partial charge in [0, 0.05) is 5.56 Å². The van der Waals surface area contributed by atoms with Gasteiger partial charge in [-0.3, -0.25) is 0 Å². The van der Waals surface area contributed by atoms with Gasteiger partial charge in [0.1, 0.15) is 5.75 Å². The average Bonchev–Trinajstić information content (AvgIpc) is 2.17. The standard InChI is InChI=1S/C12H15NOS/c1-12(2,3)10-7-9(13-8-15)5-6-11(10)14-4/h5-7H,1-4H3. The lowest BCUT2D eigenvalue weighted by Crippen LogP contribution is -2.12. The first kappa shape index (κ1) is 11.9. The highest BCUT2D eigenvalue weighted by molar-refractivity contribution is 7.78. The fourth-order valence-electron chi connectivity index (χ4n) is 1.40. The van der Waals surface area contributed by atoms with E-state index >= 15 is 0 Å². The summed E-state index contributed by atoms with van der Waals surface area (Å²) in [6.07, 6.45) is 0. The normalized spacial score (nSPS) is 10.7. The van der Waals surface area contributed by atoms with Crippen LogP contribution in [0.2, 0.25) is 0 Å². The molecule has 3 heteroatoms. The summed E-state index contributed by atoms with van der Waals surface area (Å²) in [5.74, 6) is 0.880. The Kier molecular flexibility index (Phi) is 3.61. The van der Waals surface area contributed by atoms with Crippen LogP contribution in [0, 0.1) is 0 Å². The number of isothiocyanates is 1. The molecule has 0 fully saturated rings. The molecule has 0 bridgehead atoms. The SMILES string of the molecule is COc1ccc(N=C=S)cc1C(C)(C)C. The Morgan fingerprint density at radius 3 is 2.47 bits per heavy atom. The van der Waals surface area contributed by atoms with Gasteiger partial charge in [-0.2, -0.15) is 4.99 Å². The molecule has 2 nitrogen and oxygen atoms in total. The molecule has 0 atom stereocenters. The second-order valence-corrected chi connectivity index (χ2v) is 4.52. The van der Waals surface area contributed by atoms with Crippen molar-refractivity contribution in [2.75, 3.05) is 7.11 Å². The molecule has 0 saturated heterocycles. The zero-order valence-electron chi connectivity index (χ0n) is 9.50. The first-order chi connectivity index (χ1) is 6.99. The van der Waals surface area contributed by atoms with Crippen LogP contribution in [0.3, 0.4) is 0 Å². The number of hydrogen-bond donors (Lipinski definition) is 0. The maximum atomic E-state index is 5.32. The van der Waals surface area contributed by atoms with Crippen LogP contribution in [0.15, 0.2) is 23.2 Å². The summed E-state index contributed by atoms with van der Waals surface area (Å²) in [6, 6.07) is 5.76. The highest BCUT2D eigenvalue weighted by Crippen LogP contribution is 2.33. The van der Waals surface area contributed by atoms with Crippen molar-refractivity contribution in [1.29, 1.82) is 0 Å². The van der Waals surface area contributed by atoms with Crippen molar-refractivity contribution >= 4 is 23.1 Å². The van der Waals surface area contributed by atoms with Gasteiger partial charge in [0.15, 0.2) is 0 Å². The van der Waals surface area contributed by atoms with Gasteiger partial charge in [-0.15, -0.1) is 0 Å². The van der Waals surface area contributed by atoms with Crippen molar-refractivity contribution in [1.82, 2.24) is 0 Å². The van der Waals surface area contributed by atoms with Gasteiger partial charge < -0.3 is 4.74 Å². The van der Waals surface area contributed by atoms with Gasteiger partial charge in [0.05, 0.1) is 18.0 Å². The lowest BCUT2D eigenvalue weighted by Gasteiger charge is -2.22. The lowest BCUT2D eigenvalue weighted by atomic mass is 9.86. The highest BCUT2D eigenvalue weighted by Gasteiger charge is 2.18. The number of methoxy groups -OCH3 is 1. The monoisotopic (exact) mass is 221 g/mol. The Morgan fingerprint density at radius 1 is 1.33 bits per heavy atom. The molecule has 0 amide bonds. The Morgan fingerprint density at radius 2 is 2.00 bits per heavy atom. The molecule has 0 saturated carbocycles. The summed E-state index contributed by atoms with van der Waals surface area (Å²) in [7, 11) is 1.67. The molecule has 0 spiro atoms. The maximum absolute atomic E-state index is 5.32. The van der Waals surface area contributed by atoms with Gasteiger partial charge >= 0.3 is 0 Å². The van der Waals surface area contributed by atoms with Crippen LogP contribution in [0.5, 0.6) is 5.75 Å². The Hall–Kier alpha value is -1.18. The lowest BCUT2D eigenvalue weighted by molar-refractivity contribution is 0.397. The predicted octanol–water partition coefficient (Wildman–Crippen LogP) is 3.73. The molecular weight excluding hydrogens is 206 g/mol. The van der Waals surface area contributed by atoms with E-state index in [9.17, 15) is 0 Å². The number of ether oxygens (including phenoxy) is 1. The number of rotatable bonds is 2. The Balaban J connectivity index is 3.31. The van der Waals surface area contributed by atoms with Gasteiger partial charge in [0.25, 0.3) is 0 Å². The minimum atomic E-state index is 0.0261. The summed E-state index contributed by atoms with van der Waals surface area (Å²) < 4.78 is 5.32. The van der Waals surface area contributed by atoms with Crippen molar-refractivity contribution in [2.24, 2.45) is 4.99 Å². The third-order valence-electron chi connectivity index (χ3n) is 2.17. The van der Waals surface area contributed by atoms with Gasteiger partial charge in [-0.25, -0.2) is 0 Å². The van der Waals surface area contributed by atoms with Crippen LogP contribution in [0.4, 0.5) is 5.69 Å². The topological polar surface area (TPSA) is 21.6 Å². The van der Waals surface area contributed by atoms with E-state index < -0.39 is 0 Å². The molecule has 0 radical (unpaired) electrons. The van der Waals surface area contributed by atoms with E-state index in [0.29, 0.717) is 0 Å². The van der Waals surface area contributed by atoms with E-state index in [1.54, 1.807) is 7.11 Å². The fraction of sp³-hybridized carbons (Fsp3) is 0.417. The molecule has 0 aromatic heterocycles. The third kappa shape index (κ3) is 2.88. The molecule has 15 heavy (non-hydrogen) atoms. The first-order valence-corrected chi connectivity index (χ1v) is 5.16. The third-order valence-corrected chi connectivity index (χ3v) is 2.26. The van der Waals surface area contributed by atoms with E-state index in [1.165, 1.54) is 0 Å². The molecule has 0 heterocycles. The second kappa shape index (κ2) is 4.56. The van der Waals surface area contributed by atoms with Crippen LogP contribution < -0.4 is 4.74 Å². The van der Waals surface area contributed by atoms with Crippen LogP contribution in [0.25, 0.3) is 0 Å². The van der Waals surface area contributed by atoms with Crippen LogP contribution >= 0.6 is 12.2 Å². The fourth-order valence-corrected chi connectivity index (χ4v) is 1.51. The molecule has 1 aromatic rings. The Labute approximate surface area is 96.0 Å². The van der Waals surface area contributed by atoms with Gasteiger partial charge in [0.2, 0.25) is 0 Å². The Bertz CT molecular complexity index is 401. The second-order valence-electron chi connectivity index (χ2n) is 4.34. The van der Waals surface area contributed by atoms with Crippen molar-refractivity contribution in [3.63, 3.8) is 0 Å². The minimum Gasteiger partial charge on any atom is -0.496 e. The van der Waals surface area contributed by atoms with E-state index in [2.05, 4.69) is 43.1 Å². The van der Waals surface area contributed by atoms with E-state index in [1.807, 2.05) is 18.2 Å². The summed E-state index contributed by atoms with van der Waals surface area (Å²) in [6.45, 7) is 6.40. The van der Waals surface area contributed by atoms with E-state index in [-0.39, 0.29) is 5.41 Å². The zero-order chi connectivity index (χ0) is 11.5. The summed E-state index contributed by atoms with van der Waals surface area (Å²) in [5.41, 5.74) is 1.96. The van der Waals surface area contributed by atoms with E-state index in [0.717, 1.165) is 17.0 Å². The zero-order valence-corrected chi connectivity index (χ0v) is 10.3. The van der Waals surface area contributed by atoms with Gasteiger partial charge in [-0.1, -0.05) is 20.8 Å². The minimum absolute atomic E-state index is 0.0261. The molecular formula is C12H15NOS. The van der Waals surface area contributed by atoms with E-state index in [4.69, 9.17) is 4.74 Å². The largest absolute Gasteiger partial charge is 0.496 e. The summed E-state index contributed by atoms with van der Waals surface area (Å²) >= 11 is 4.58. The van der Waals surface area contributed by atoms with Crippen molar-refractivity contribution in [2.45, 2.75) is 26.2 Å². The number of benzene rings is 1. The summed E-state index contributed by atoms with van der Waals surface area (Å²) in [4.78, 5) is 3.97. The highest BCUT2D eigenvalue weighted by atomic mass is 32.1. The quantitative estimate of drug-likeness (QED) is 0.560. The smallest absolute Gasteiger partial charge is 0.122 e. The first-order valence-electron chi connectivity index (χ1n) is 4.75. The van der Waals surface area contributed by atoms with Gasteiger partial charge in [-0.05, 0) is 35.8 Å². The number of aliphatic imine (C=N–C) groups is 1. The number of nitrogens with zero attached hydrogens (tertiary/aromatic N) is 1. The average molecular weight is 221 g/mol. The van der Waals surface area contributed by atoms with Crippen molar-refractivity contribution in [3.05, 3.63) is 23.8 Å². The maximum Gasteiger partial charge on any atom is 0.122 e. The van der Waals surface area contributed by atoms with Crippen LogP contribution in [0.1, 0.15) is 26.3 Å². The molecule has 0 aliphatic rings. The number of thiocarbonyl (C=S) groups is 1. The summed E-state index contributed by atoms with van der Waals surface area (Å²) in [5, 5.41) is 2.37. The molecule has 0 N–H and O–H groups in total. The molecule has 80 valence electrons. The molecule has 0 aliphatic carbocycles. The molecule has 0 unspecified atom stereocenters. The van der Waals surface area contributed by atoms with Crippen molar-refractivity contribution in [3.8, 4) is 5.75 Å². The predicted molar refractivity (Wildman–Crippen MR) is 66.4 cm³/mol. The van der Waals surface area contributed by atoms with Crippen LogP contribution in [-0.2, 0) is 5.41 Å². The van der Waals surface area contributed by atoms with Crippen LogP contribution in [-0.4, -0.2) is 12.3 Å². The molecule has 1 rings (SSSR count). The van der Waals surface area contributed by atoms with Crippen molar-refractivity contribution < 1.29 is 4.74 Å².